The number of amides is 1. The quantitative estimate of drug-likeness (QED) is 0.0321. The van der Waals surface area contributed by atoms with Crippen molar-refractivity contribution < 1.29 is 24.5 Å². The summed E-state index contributed by atoms with van der Waals surface area (Å²) in [5.74, 6) is -0.0702. The lowest BCUT2D eigenvalue weighted by Gasteiger charge is -2.20. The van der Waals surface area contributed by atoms with Gasteiger partial charge in [-0.2, -0.15) is 0 Å². The number of aliphatic hydroxyl groups is 2. The van der Waals surface area contributed by atoms with E-state index in [1.165, 1.54) is 250 Å². The summed E-state index contributed by atoms with van der Waals surface area (Å²) in [6.45, 7) is 4.89. The van der Waals surface area contributed by atoms with Crippen molar-refractivity contribution in [1.29, 1.82) is 0 Å². The fraction of sp³-hybridized carbons (Fsp3) is 0.873. The number of hydrogen-bond donors (Lipinski definition) is 3. The molecule has 6 nitrogen and oxygen atoms in total. The molecular weight excluding hydrogens is 851 g/mol. The van der Waals surface area contributed by atoms with E-state index >= 15 is 0 Å². The Morgan fingerprint density at radius 1 is 0.406 bits per heavy atom. The normalized spacial score (nSPS) is 12.8. The summed E-state index contributed by atoms with van der Waals surface area (Å²) in [6, 6.07) is -0.629. The molecule has 0 spiro atoms. The molecule has 6 heteroatoms. The third-order valence-corrected chi connectivity index (χ3v) is 14.2. The topological polar surface area (TPSA) is 95.9 Å². The molecule has 0 saturated carbocycles. The molecule has 0 aromatic heterocycles. The molecule has 0 fully saturated rings. The number of carbonyl (C=O) groups excluding carboxylic acids is 2. The second-order valence-electron chi connectivity index (χ2n) is 21.0. The van der Waals surface area contributed by atoms with Crippen molar-refractivity contribution in [3.8, 4) is 0 Å². The zero-order valence-electron chi connectivity index (χ0n) is 46.3. The van der Waals surface area contributed by atoms with Crippen molar-refractivity contribution in [3.63, 3.8) is 0 Å². The zero-order chi connectivity index (χ0) is 50.0. The van der Waals surface area contributed by atoms with Gasteiger partial charge < -0.3 is 20.3 Å². The van der Waals surface area contributed by atoms with Crippen LogP contribution < -0.4 is 5.32 Å². The first-order chi connectivity index (χ1) is 34.0. The fourth-order valence-corrected chi connectivity index (χ4v) is 9.43. The van der Waals surface area contributed by atoms with Gasteiger partial charge in [0, 0.05) is 12.8 Å². The molecule has 69 heavy (non-hydrogen) atoms. The van der Waals surface area contributed by atoms with Gasteiger partial charge in [0.2, 0.25) is 5.91 Å². The summed E-state index contributed by atoms with van der Waals surface area (Å²) in [5, 5.41) is 23.1. The monoisotopic (exact) mass is 970 g/mol. The lowest BCUT2D eigenvalue weighted by atomic mass is 10.0. The van der Waals surface area contributed by atoms with Gasteiger partial charge in [0.25, 0.3) is 0 Å². The number of hydrogen-bond acceptors (Lipinski definition) is 5. The van der Waals surface area contributed by atoms with Crippen LogP contribution in [0.4, 0.5) is 0 Å². The number of carbonyl (C=O) groups is 2. The van der Waals surface area contributed by atoms with Crippen LogP contribution in [0.1, 0.15) is 328 Å². The Bertz CT molecular complexity index is 1120. The Labute approximate surface area is 430 Å². The smallest absolute Gasteiger partial charge is 0.305 e. The highest BCUT2D eigenvalue weighted by Gasteiger charge is 2.18. The van der Waals surface area contributed by atoms with Crippen LogP contribution in [0, 0.1) is 0 Å². The number of unbranched alkanes of at least 4 members (excludes halogenated alkanes) is 42. The van der Waals surface area contributed by atoms with E-state index in [0.29, 0.717) is 19.4 Å². The Balaban J connectivity index is 3.41. The summed E-state index contributed by atoms with van der Waals surface area (Å²) in [5.41, 5.74) is 0. The second kappa shape index (κ2) is 58.6. The first kappa shape index (κ1) is 67.1. The molecule has 0 saturated heterocycles. The van der Waals surface area contributed by atoms with Gasteiger partial charge in [0.15, 0.2) is 0 Å². The molecule has 0 bridgehead atoms. The minimum atomic E-state index is -0.845. The minimum Gasteiger partial charge on any atom is -0.466 e. The van der Waals surface area contributed by atoms with Crippen LogP contribution in [0.25, 0.3) is 0 Å². The molecule has 1 amide bonds. The first-order valence-corrected chi connectivity index (χ1v) is 30.8. The predicted molar refractivity (Wildman–Crippen MR) is 301 cm³/mol. The molecule has 2 atom stereocenters. The SMILES string of the molecule is CCCCCC/C=C\C/C=C\CCCCCCCC(=O)OCCCCCCCCCCCCCCCCCCCCCCCC(=O)NC(CO)C(O)/C=C/CCCCCCCCCCCCCCC. The van der Waals surface area contributed by atoms with E-state index in [9.17, 15) is 19.8 Å². The average Bonchev–Trinajstić information content (AvgIpc) is 3.35. The number of nitrogens with one attached hydrogen (secondary N) is 1. The van der Waals surface area contributed by atoms with Crippen LogP contribution in [-0.2, 0) is 14.3 Å². The van der Waals surface area contributed by atoms with Crippen LogP contribution in [0.15, 0.2) is 36.5 Å². The Morgan fingerprint density at radius 3 is 1.12 bits per heavy atom. The Hall–Kier alpha value is -1.92. The molecule has 2 unspecified atom stereocenters. The van der Waals surface area contributed by atoms with Gasteiger partial charge in [0.1, 0.15) is 0 Å². The standard InChI is InChI=1S/C63H119NO5/c1-3-5-7-9-11-13-15-17-19-29-33-37-41-45-49-53-57-63(68)69-58-54-50-46-42-38-34-30-26-24-22-20-21-23-25-28-32-36-40-44-48-52-56-62(67)64-60(59-65)61(66)55-51-47-43-39-35-31-27-18-16-14-12-10-8-6-4-2/h13,15,19,29,51,55,60-61,65-66H,3-12,14,16-18,20-28,30-50,52-54,56-59H2,1-2H3,(H,64,67)/b15-13-,29-19-,55-51+. The van der Waals surface area contributed by atoms with Crippen LogP contribution in [-0.4, -0.2) is 47.4 Å². The maximum Gasteiger partial charge on any atom is 0.305 e. The summed E-state index contributed by atoms with van der Waals surface area (Å²) >= 11 is 0. The van der Waals surface area contributed by atoms with Crippen molar-refractivity contribution in [2.45, 2.75) is 341 Å². The number of rotatable bonds is 57. The lowest BCUT2D eigenvalue weighted by molar-refractivity contribution is -0.143. The maximum atomic E-state index is 12.5. The zero-order valence-corrected chi connectivity index (χ0v) is 46.3. The maximum absolute atomic E-state index is 12.5. The largest absolute Gasteiger partial charge is 0.466 e. The van der Waals surface area contributed by atoms with Gasteiger partial charge in [-0.1, -0.05) is 288 Å². The third kappa shape index (κ3) is 55.2. The number of ether oxygens (including phenoxy) is 1. The number of aliphatic hydroxyl groups excluding tert-OH is 2. The first-order valence-electron chi connectivity index (χ1n) is 30.8. The third-order valence-electron chi connectivity index (χ3n) is 14.2. The van der Waals surface area contributed by atoms with Crippen LogP contribution in [0.3, 0.4) is 0 Å². The van der Waals surface area contributed by atoms with Gasteiger partial charge >= 0.3 is 5.97 Å². The molecule has 3 N–H and O–H groups in total. The molecular formula is C63H119NO5. The summed E-state index contributed by atoms with van der Waals surface area (Å²) in [6.07, 6.45) is 73.2. The molecule has 0 radical (unpaired) electrons. The van der Waals surface area contributed by atoms with Gasteiger partial charge in [-0.25, -0.2) is 0 Å². The molecule has 0 aliphatic heterocycles. The summed E-state index contributed by atoms with van der Waals surface area (Å²) < 4.78 is 5.48. The summed E-state index contributed by atoms with van der Waals surface area (Å²) in [7, 11) is 0. The predicted octanol–water partition coefficient (Wildman–Crippen LogP) is 19.2. The van der Waals surface area contributed by atoms with E-state index in [2.05, 4.69) is 43.5 Å². The molecule has 0 aromatic rings. The van der Waals surface area contributed by atoms with Crippen molar-refractivity contribution in [2.24, 2.45) is 0 Å². The second-order valence-corrected chi connectivity index (χ2v) is 21.0. The highest BCUT2D eigenvalue weighted by atomic mass is 16.5. The van der Waals surface area contributed by atoms with Crippen molar-refractivity contribution in [3.05, 3.63) is 36.5 Å². The van der Waals surface area contributed by atoms with E-state index in [0.717, 1.165) is 51.4 Å². The van der Waals surface area contributed by atoms with E-state index in [-0.39, 0.29) is 18.5 Å². The Morgan fingerprint density at radius 2 is 0.725 bits per heavy atom. The van der Waals surface area contributed by atoms with Gasteiger partial charge in [-0.15, -0.1) is 0 Å². The van der Waals surface area contributed by atoms with E-state index in [1.807, 2.05) is 6.08 Å². The molecule has 0 heterocycles. The van der Waals surface area contributed by atoms with Crippen molar-refractivity contribution >= 4 is 11.9 Å². The molecule has 0 aromatic carbocycles. The summed E-state index contributed by atoms with van der Waals surface area (Å²) in [4.78, 5) is 24.5. The van der Waals surface area contributed by atoms with Crippen molar-refractivity contribution in [1.82, 2.24) is 5.32 Å². The van der Waals surface area contributed by atoms with E-state index in [4.69, 9.17) is 4.74 Å². The molecule has 0 aliphatic carbocycles. The number of allylic oxidation sites excluding steroid dienone is 5. The minimum absolute atomic E-state index is 0.00207. The van der Waals surface area contributed by atoms with Gasteiger partial charge in [-0.3, -0.25) is 9.59 Å². The van der Waals surface area contributed by atoms with E-state index < -0.39 is 12.1 Å². The van der Waals surface area contributed by atoms with E-state index in [1.54, 1.807) is 6.08 Å². The van der Waals surface area contributed by atoms with Gasteiger partial charge in [-0.05, 0) is 64.2 Å². The average molecular weight is 971 g/mol. The Kier molecular flexibility index (Phi) is 57.0. The van der Waals surface area contributed by atoms with Crippen molar-refractivity contribution in [2.75, 3.05) is 13.2 Å². The van der Waals surface area contributed by atoms with Gasteiger partial charge in [0.05, 0.1) is 25.4 Å². The molecule has 0 aliphatic rings. The molecule has 406 valence electrons. The number of esters is 1. The van der Waals surface area contributed by atoms with Crippen LogP contribution in [0.2, 0.25) is 0 Å². The highest BCUT2D eigenvalue weighted by Crippen LogP contribution is 2.17. The van der Waals surface area contributed by atoms with Crippen LogP contribution >= 0.6 is 0 Å². The molecule has 0 rings (SSSR count). The lowest BCUT2D eigenvalue weighted by Crippen LogP contribution is -2.45. The highest BCUT2D eigenvalue weighted by molar-refractivity contribution is 5.76. The van der Waals surface area contributed by atoms with Crippen LogP contribution in [0.5, 0.6) is 0 Å². The fourth-order valence-electron chi connectivity index (χ4n) is 9.43.